The Bertz CT molecular complexity index is 519. The van der Waals surface area contributed by atoms with Crippen LogP contribution in [0.4, 0.5) is 0 Å². The van der Waals surface area contributed by atoms with Crippen molar-refractivity contribution in [2.75, 3.05) is 0 Å². The second-order valence-corrected chi connectivity index (χ2v) is 4.61. The molecule has 0 unspecified atom stereocenters. The predicted octanol–water partition coefficient (Wildman–Crippen LogP) is 4.31. The molecule has 2 rings (SSSR count). The first-order chi connectivity index (χ1) is 7.43. The zero-order chi connectivity index (χ0) is 12.0. The van der Waals surface area contributed by atoms with Crippen LogP contribution in [0.1, 0.15) is 36.1 Å². The van der Waals surface area contributed by atoms with Crippen LogP contribution in [0.5, 0.6) is 5.75 Å². The molecule has 0 bridgehead atoms. The third kappa shape index (κ3) is 1.39. The van der Waals surface area contributed by atoms with Crippen molar-refractivity contribution in [2.24, 2.45) is 0 Å². The molecule has 0 aromatic heterocycles. The van der Waals surface area contributed by atoms with Crippen LogP contribution in [0.25, 0.3) is 5.57 Å². The van der Waals surface area contributed by atoms with Crippen molar-refractivity contribution in [3.05, 3.63) is 46.2 Å². The normalized spacial score (nSPS) is 14.9. The summed E-state index contributed by atoms with van der Waals surface area (Å²) in [5, 5.41) is 0. The van der Waals surface area contributed by atoms with Crippen molar-refractivity contribution in [2.45, 2.75) is 34.6 Å². The monoisotopic (exact) mass is 214 g/mol. The first kappa shape index (κ1) is 11.0. The number of hydrogen-bond donors (Lipinski definition) is 0. The lowest BCUT2D eigenvalue weighted by Gasteiger charge is -2.26. The highest BCUT2D eigenvalue weighted by molar-refractivity contribution is 5.80. The number of rotatable bonds is 0. The van der Waals surface area contributed by atoms with Crippen molar-refractivity contribution in [3.8, 4) is 5.75 Å². The molecule has 1 heteroatoms. The lowest BCUT2D eigenvalue weighted by Crippen LogP contribution is -2.09. The van der Waals surface area contributed by atoms with Gasteiger partial charge in [-0.15, -0.1) is 0 Å². The number of aryl methyl sites for hydroxylation is 2. The van der Waals surface area contributed by atoms with E-state index >= 15 is 0 Å². The quantitative estimate of drug-likeness (QED) is 0.625. The summed E-state index contributed by atoms with van der Waals surface area (Å²) >= 11 is 0. The molecular weight excluding hydrogens is 196 g/mol. The summed E-state index contributed by atoms with van der Waals surface area (Å²) in [6.45, 7) is 14.5. The molecule has 0 aliphatic carbocycles. The fourth-order valence-corrected chi connectivity index (χ4v) is 2.24. The Morgan fingerprint density at radius 3 is 2.19 bits per heavy atom. The standard InChI is InChI=1S/C15H18O/c1-8-7-9(2)14-12(5)11(4)13(6)16-15(14)10(8)3/h7H,6H2,1-5H3. The van der Waals surface area contributed by atoms with Crippen molar-refractivity contribution >= 4 is 5.57 Å². The zero-order valence-corrected chi connectivity index (χ0v) is 10.7. The highest BCUT2D eigenvalue weighted by atomic mass is 16.5. The topological polar surface area (TPSA) is 9.23 Å². The van der Waals surface area contributed by atoms with Gasteiger partial charge in [0.15, 0.2) is 0 Å². The molecule has 1 aromatic rings. The minimum atomic E-state index is 0.776. The van der Waals surface area contributed by atoms with Gasteiger partial charge in [-0.05, 0) is 62.5 Å². The summed E-state index contributed by atoms with van der Waals surface area (Å²) in [5.74, 6) is 1.77. The van der Waals surface area contributed by atoms with Gasteiger partial charge < -0.3 is 4.74 Å². The maximum Gasteiger partial charge on any atom is 0.138 e. The van der Waals surface area contributed by atoms with Gasteiger partial charge in [-0.2, -0.15) is 0 Å². The third-order valence-electron chi connectivity index (χ3n) is 3.57. The smallest absolute Gasteiger partial charge is 0.138 e. The van der Waals surface area contributed by atoms with Gasteiger partial charge in [0.2, 0.25) is 0 Å². The summed E-state index contributed by atoms with van der Waals surface area (Å²) in [7, 11) is 0. The second-order valence-electron chi connectivity index (χ2n) is 4.61. The van der Waals surface area contributed by atoms with Crippen LogP contribution < -0.4 is 4.74 Å². The van der Waals surface area contributed by atoms with Crippen LogP contribution in [0.3, 0.4) is 0 Å². The maximum atomic E-state index is 5.85. The van der Waals surface area contributed by atoms with Crippen molar-refractivity contribution in [3.63, 3.8) is 0 Å². The Kier molecular flexibility index (Phi) is 2.42. The van der Waals surface area contributed by atoms with Crippen LogP contribution in [-0.2, 0) is 0 Å². The van der Waals surface area contributed by atoms with Gasteiger partial charge in [-0.3, -0.25) is 0 Å². The SMILES string of the molecule is C=C1Oc2c(C)c(C)cc(C)c2C(C)=C1C. The Morgan fingerprint density at radius 1 is 0.938 bits per heavy atom. The number of ether oxygens (including phenoxy) is 1. The Labute approximate surface area is 97.4 Å². The molecule has 0 radical (unpaired) electrons. The number of allylic oxidation sites excluding steroid dienone is 2. The number of fused-ring (bicyclic) bond motifs is 1. The van der Waals surface area contributed by atoms with Gasteiger partial charge >= 0.3 is 0 Å². The second kappa shape index (κ2) is 3.51. The van der Waals surface area contributed by atoms with E-state index in [-0.39, 0.29) is 0 Å². The molecule has 0 atom stereocenters. The van der Waals surface area contributed by atoms with Crippen LogP contribution in [0.15, 0.2) is 24.0 Å². The molecule has 1 aromatic carbocycles. The van der Waals surface area contributed by atoms with E-state index in [4.69, 9.17) is 4.74 Å². The van der Waals surface area contributed by atoms with E-state index in [9.17, 15) is 0 Å². The molecule has 1 aliphatic heterocycles. The van der Waals surface area contributed by atoms with Crippen LogP contribution >= 0.6 is 0 Å². The summed E-state index contributed by atoms with van der Waals surface area (Å²) < 4.78 is 5.85. The maximum absolute atomic E-state index is 5.85. The zero-order valence-electron chi connectivity index (χ0n) is 10.7. The number of benzene rings is 1. The molecule has 0 amide bonds. The van der Waals surface area contributed by atoms with E-state index in [0.717, 1.165) is 17.1 Å². The molecule has 0 saturated carbocycles. The van der Waals surface area contributed by atoms with E-state index in [1.807, 2.05) is 0 Å². The fraction of sp³-hybridized carbons (Fsp3) is 0.333. The predicted molar refractivity (Wildman–Crippen MR) is 68.7 cm³/mol. The minimum Gasteiger partial charge on any atom is -0.457 e. The molecule has 0 fully saturated rings. The average Bonchev–Trinajstić information content (AvgIpc) is 2.22. The molecular formula is C15H18O. The van der Waals surface area contributed by atoms with E-state index < -0.39 is 0 Å². The Morgan fingerprint density at radius 2 is 1.56 bits per heavy atom. The third-order valence-corrected chi connectivity index (χ3v) is 3.57. The van der Waals surface area contributed by atoms with Crippen molar-refractivity contribution in [1.82, 2.24) is 0 Å². The molecule has 1 heterocycles. The Balaban J connectivity index is 2.83. The molecule has 0 saturated heterocycles. The first-order valence-electron chi connectivity index (χ1n) is 5.59. The van der Waals surface area contributed by atoms with Gasteiger partial charge in [0.25, 0.3) is 0 Å². The molecule has 84 valence electrons. The lowest BCUT2D eigenvalue weighted by molar-refractivity contribution is 0.428. The summed E-state index contributed by atoms with van der Waals surface area (Å²) in [6.07, 6.45) is 0. The minimum absolute atomic E-state index is 0.776. The largest absolute Gasteiger partial charge is 0.457 e. The van der Waals surface area contributed by atoms with Crippen LogP contribution in [0.2, 0.25) is 0 Å². The summed E-state index contributed by atoms with van der Waals surface area (Å²) in [6, 6.07) is 2.22. The van der Waals surface area contributed by atoms with Gasteiger partial charge in [0.1, 0.15) is 11.5 Å². The van der Waals surface area contributed by atoms with Crippen molar-refractivity contribution in [1.29, 1.82) is 0 Å². The molecule has 16 heavy (non-hydrogen) atoms. The number of hydrogen-bond acceptors (Lipinski definition) is 1. The summed E-state index contributed by atoms with van der Waals surface area (Å²) in [5.41, 5.74) is 7.45. The average molecular weight is 214 g/mol. The van der Waals surface area contributed by atoms with Crippen molar-refractivity contribution < 1.29 is 4.74 Å². The van der Waals surface area contributed by atoms with Crippen LogP contribution in [-0.4, -0.2) is 0 Å². The lowest BCUT2D eigenvalue weighted by atomic mass is 9.90. The van der Waals surface area contributed by atoms with Gasteiger partial charge in [-0.25, -0.2) is 0 Å². The Hall–Kier alpha value is -1.50. The molecule has 0 N–H and O–H groups in total. The first-order valence-corrected chi connectivity index (χ1v) is 5.59. The van der Waals surface area contributed by atoms with E-state index in [0.29, 0.717) is 0 Å². The summed E-state index contributed by atoms with van der Waals surface area (Å²) in [4.78, 5) is 0. The van der Waals surface area contributed by atoms with Gasteiger partial charge in [0.05, 0.1) is 0 Å². The fourth-order valence-electron chi connectivity index (χ4n) is 2.24. The highest BCUT2D eigenvalue weighted by Gasteiger charge is 2.22. The van der Waals surface area contributed by atoms with Gasteiger partial charge in [0, 0.05) is 5.56 Å². The van der Waals surface area contributed by atoms with E-state index in [1.54, 1.807) is 0 Å². The van der Waals surface area contributed by atoms with Crippen LogP contribution in [0, 0.1) is 20.8 Å². The van der Waals surface area contributed by atoms with E-state index in [2.05, 4.69) is 47.3 Å². The highest BCUT2D eigenvalue weighted by Crippen LogP contribution is 2.41. The molecule has 1 aliphatic rings. The molecule has 1 nitrogen and oxygen atoms in total. The van der Waals surface area contributed by atoms with E-state index in [1.165, 1.54) is 27.8 Å². The molecule has 0 spiro atoms. The van der Waals surface area contributed by atoms with Gasteiger partial charge in [-0.1, -0.05) is 12.6 Å².